The summed E-state index contributed by atoms with van der Waals surface area (Å²) in [5, 5.41) is 0. The van der Waals surface area contributed by atoms with Crippen molar-refractivity contribution in [1.82, 2.24) is 4.90 Å². The second-order valence-electron chi connectivity index (χ2n) is 5.38. The van der Waals surface area contributed by atoms with E-state index in [1.165, 1.54) is 5.56 Å². The van der Waals surface area contributed by atoms with E-state index in [2.05, 4.69) is 40.2 Å². The van der Waals surface area contributed by atoms with E-state index in [9.17, 15) is 4.79 Å². The van der Waals surface area contributed by atoms with Crippen LogP contribution in [0.15, 0.2) is 53.0 Å². The predicted molar refractivity (Wildman–Crippen MR) is 88.3 cm³/mol. The number of nitrogens with zero attached hydrogens (tertiary/aromatic N) is 1. The molecule has 21 heavy (non-hydrogen) atoms. The molecule has 1 atom stereocenters. The average Bonchev–Trinajstić information content (AvgIpc) is 3.00. The molecule has 1 unspecified atom stereocenters. The highest BCUT2D eigenvalue weighted by molar-refractivity contribution is 9.10. The molecule has 0 radical (unpaired) electrons. The molecule has 3 rings (SSSR count). The second kappa shape index (κ2) is 5.90. The minimum Gasteiger partial charge on any atom is -0.398 e. The zero-order valence-corrected chi connectivity index (χ0v) is 13.2. The van der Waals surface area contributed by atoms with Crippen LogP contribution in [0, 0.1) is 0 Å². The number of nitrogen functional groups attached to an aromatic ring is 1. The maximum Gasteiger partial charge on any atom is 0.253 e. The summed E-state index contributed by atoms with van der Waals surface area (Å²) in [4.78, 5) is 14.5. The van der Waals surface area contributed by atoms with Crippen molar-refractivity contribution in [1.29, 1.82) is 0 Å². The lowest BCUT2D eigenvalue weighted by molar-refractivity contribution is 0.0791. The predicted octanol–water partition coefficient (Wildman–Crippen LogP) is 3.66. The molecule has 1 heterocycles. The van der Waals surface area contributed by atoms with Gasteiger partial charge in [0.25, 0.3) is 5.91 Å². The number of rotatable bonds is 2. The van der Waals surface area contributed by atoms with Gasteiger partial charge in [-0.1, -0.05) is 30.3 Å². The Morgan fingerprint density at radius 1 is 1.19 bits per heavy atom. The standard InChI is InChI=1S/C17H17BrN2O/c18-15-7-6-13(10-16(15)19)17(21)20-9-8-14(11-20)12-4-2-1-3-5-12/h1-7,10,14H,8-9,11,19H2. The van der Waals surface area contributed by atoms with Gasteiger partial charge in [-0.25, -0.2) is 0 Å². The van der Waals surface area contributed by atoms with Gasteiger partial charge in [-0.15, -0.1) is 0 Å². The molecule has 1 fully saturated rings. The Balaban J connectivity index is 1.74. The largest absolute Gasteiger partial charge is 0.398 e. The van der Waals surface area contributed by atoms with Crippen LogP contribution in [0.3, 0.4) is 0 Å². The summed E-state index contributed by atoms with van der Waals surface area (Å²) in [5.74, 6) is 0.496. The smallest absolute Gasteiger partial charge is 0.253 e. The van der Waals surface area contributed by atoms with E-state index in [-0.39, 0.29) is 5.91 Å². The van der Waals surface area contributed by atoms with Gasteiger partial charge in [-0.2, -0.15) is 0 Å². The van der Waals surface area contributed by atoms with E-state index >= 15 is 0 Å². The van der Waals surface area contributed by atoms with Gasteiger partial charge in [0, 0.05) is 34.7 Å². The Morgan fingerprint density at radius 2 is 1.95 bits per heavy atom. The molecule has 1 saturated heterocycles. The Bertz CT molecular complexity index is 657. The number of halogens is 1. The summed E-state index contributed by atoms with van der Waals surface area (Å²) >= 11 is 3.35. The van der Waals surface area contributed by atoms with Crippen LogP contribution in [0.1, 0.15) is 28.3 Å². The molecule has 4 heteroatoms. The zero-order valence-electron chi connectivity index (χ0n) is 11.6. The minimum atomic E-state index is 0.0626. The third-order valence-electron chi connectivity index (χ3n) is 3.99. The molecular formula is C17H17BrN2O. The van der Waals surface area contributed by atoms with Crippen LogP contribution in [-0.2, 0) is 0 Å². The van der Waals surface area contributed by atoms with Crippen molar-refractivity contribution in [2.45, 2.75) is 12.3 Å². The number of amides is 1. The fourth-order valence-electron chi connectivity index (χ4n) is 2.80. The zero-order chi connectivity index (χ0) is 14.8. The maximum atomic E-state index is 12.5. The molecule has 2 aromatic rings. The quantitative estimate of drug-likeness (QED) is 0.845. The van der Waals surface area contributed by atoms with E-state index in [0.29, 0.717) is 17.2 Å². The lowest BCUT2D eigenvalue weighted by Gasteiger charge is -2.17. The Kier molecular flexibility index (Phi) is 3.97. The van der Waals surface area contributed by atoms with Crippen LogP contribution < -0.4 is 5.73 Å². The van der Waals surface area contributed by atoms with Crippen LogP contribution in [-0.4, -0.2) is 23.9 Å². The van der Waals surface area contributed by atoms with Gasteiger partial charge in [0.15, 0.2) is 0 Å². The number of carbonyl (C=O) groups is 1. The van der Waals surface area contributed by atoms with Crippen LogP contribution in [0.5, 0.6) is 0 Å². The number of likely N-dealkylation sites (tertiary alicyclic amines) is 1. The lowest BCUT2D eigenvalue weighted by Crippen LogP contribution is -2.28. The van der Waals surface area contributed by atoms with Crippen molar-refractivity contribution in [2.75, 3.05) is 18.8 Å². The number of carbonyl (C=O) groups excluding carboxylic acids is 1. The summed E-state index contributed by atoms with van der Waals surface area (Å²) in [5.41, 5.74) is 8.42. The molecule has 0 bridgehead atoms. The highest BCUT2D eigenvalue weighted by atomic mass is 79.9. The molecule has 2 N–H and O–H groups in total. The van der Waals surface area contributed by atoms with E-state index in [0.717, 1.165) is 24.0 Å². The normalized spacial score (nSPS) is 18.0. The summed E-state index contributed by atoms with van der Waals surface area (Å²) in [7, 11) is 0. The van der Waals surface area contributed by atoms with Gasteiger partial charge in [0.2, 0.25) is 0 Å². The SMILES string of the molecule is Nc1cc(C(=O)N2CCC(c3ccccc3)C2)ccc1Br. The highest BCUT2D eigenvalue weighted by Gasteiger charge is 2.27. The van der Waals surface area contributed by atoms with Gasteiger partial charge < -0.3 is 10.6 Å². The van der Waals surface area contributed by atoms with Crippen molar-refractivity contribution in [3.8, 4) is 0 Å². The summed E-state index contributed by atoms with van der Waals surface area (Å²) < 4.78 is 0.822. The first-order valence-electron chi connectivity index (χ1n) is 7.04. The minimum absolute atomic E-state index is 0.0626. The van der Waals surface area contributed by atoms with Crippen molar-refractivity contribution in [2.24, 2.45) is 0 Å². The molecule has 1 amide bonds. The fourth-order valence-corrected chi connectivity index (χ4v) is 3.05. The highest BCUT2D eigenvalue weighted by Crippen LogP contribution is 2.29. The third kappa shape index (κ3) is 2.95. The van der Waals surface area contributed by atoms with E-state index in [1.807, 2.05) is 23.1 Å². The van der Waals surface area contributed by atoms with Gasteiger partial charge in [-0.05, 0) is 46.1 Å². The molecule has 0 spiro atoms. The number of anilines is 1. The monoisotopic (exact) mass is 344 g/mol. The summed E-state index contributed by atoms with van der Waals surface area (Å²) in [6, 6.07) is 15.8. The number of nitrogens with two attached hydrogens (primary N) is 1. The Hall–Kier alpha value is -1.81. The molecule has 0 aromatic heterocycles. The van der Waals surface area contributed by atoms with Crippen LogP contribution in [0.2, 0.25) is 0 Å². The van der Waals surface area contributed by atoms with Crippen molar-refractivity contribution < 1.29 is 4.79 Å². The van der Waals surface area contributed by atoms with Gasteiger partial charge >= 0.3 is 0 Å². The molecule has 3 nitrogen and oxygen atoms in total. The molecule has 1 aliphatic heterocycles. The second-order valence-corrected chi connectivity index (χ2v) is 6.24. The number of hydrogen-bond donors (Lipinski definition) is 1. The van der Waals surface area contributed by atoms with Gasteiger partial charge in [-0.3, -0.25) is 4.79 Å². The fraction of sp³-hybridized carbons (Fsp3) is 0.235. The Labute approximate surface area is 132 Å². The average molecular weight is 345 g/mol. The molecule has 0 saturated carbocycles. The van der Waals surface area contributed by atoms with E-state index in [4.69, 9.17) is 5.73 Å². The summed E-state index contributed by atoms with van der Waals surface area (Å²) in [6.45, 7) is 1.58. The van der Waals surface area contributed by atoms with Crippen molar-refractivity contribution in [3.63, 3.8) is 0 Å². The summed E-state index contributed by atoms with van der Waals surface area (Å²) in [6.07, 6.45) is 1.02. The van der Waals surface area contributed by atoms with E-state index in [1.54, 1.807) is 6.07 Å². The molecular weight excluding hydrogens is 328 g/mol. The van der Waals surface area contributed by atoms with E-state index < -0.39 is 0 Å². The third-order valence-corrected chi connectivity index (χ3v) is 4.71. The first-order valence-corrected chi connectivity index (χ1v) is 7.83. The number of benzene rings is 2. The molecule has 1 aliphatic rings. The Morgan fingerprint density at radius 3 is 2.67 bits per heavy atom. The first-order chi connectivity index (χ1) is 10.1. The van der Waals surface area contributed by atoms with Gasteiger partial charge in [0.05, 0.1) is 0 Å². The lowest BCUT2D eigenvalue weighted by atomic mass is 9.99. The van der Waals surface area contributed by atoms with Crippen molar-refractivity contribution in [3.05, 3.63) is 64.1 Å². The van der Waals surface area contributed by atoms with Crippen molar-refractivity contribution >= 4 is 27.5 Å². The topological polar surface area (TPSA) is 46.3 Å². The van der Waals surface area contributed by atoms with Crippen LogP contribution >= 0.6 is 15.9 Å². The van der Waals surface area contributed by atoms with Crippen LogP contribution in [0.25, 0.3) is 0 Å². The molecule has 0 aliphatic carbocycles. The maximum absolute atomic E-state index is 12.5. The van der Waals surface area contributed by atoms with Gasteiger partial charge in [0.1, 0.15) is 0 Å². The number of hydrogen-bond acceptors (Lipinski definition) is 2. The first kappa shape index (κ1) is 14.1. The molecule has 108 valence electrons. The van der Waals surface area contributed by atoms with Crippen LogP contribution in [0.4, 0.5) is 5.69 Å². The molecule has 2 aromatic carbocycles.